The fraction of sp³-hybridized carbons (Fsp3) is 0.214. The van der Waals surface area contributed by atoms with Crippen molar-refractivity contribution in [3.8, 4) is 6.07 Å². The van der Waals surface area contributed by atoms with Crippen molar-refractivity contribution in [3.63, 3.8) is 0 Å². The average Bonchev–Trinajstić information content (AvgIpc) is 2.99. The Morgan fingerprint density at radius 2 is 2.33 bits per heavy atom. The van der Waals surface area contributed by atoms with Gasteiger partial charge in [-0.1, -0.05) is 0 Å². The Morgan fingerprint density at radius 3 is 2.95 bits per heavy atom. The maximum atomic E-state index is 12.3. The highest BCUT2D eigenvalue weighted by atomic mass is 32.1. The first-order chi connectivity index (χ1) is 10.2. The molecule has 7 heteroatoms. The molecular weight excluding hydrogens is 290 g/mol. The number of hydrogen-bond acceptors (Lipinski definition) is 7. The zero-order valence-corrected chi connectivity index (χ0v) is 12.0. The number of esters is 1. The van der Waals surface area contributed by atoms with Crippen molar-refractivity contribution in [2.75, 3.05) is 6.61 Å². The second-order valence-electron chi connectivity index (χ2n) is 3.96. The molecule has 0 N–H and O–H groups in total. The minimum absolute atomic E-state index is 0.107. The molecule has 0 aromatic carbocycles. The lowest BCUT2D eigenvalue weighted by Crippen LogP contribution is -2.12. The molecule has 0 aliphatic carbocycles. The van der Waals surface area contributed by atoms with Gasteiger partial charge >= 0.3 is 5.97 Å². The number of ether oxygens (including phenoxy) is 1. The largest absolute Gasteiger partial charge is 0.461 e. The van der Waals surface area contributed by atoms with Crippen LogP contribution in [-0.2, 0) is 4.74 Å². The van der Waals surface area contributed by atoms with Gasteiger partial charge in [0.05, 0.1) is 12.7 Å². The number of Topliss-reactive ketones (excluding diaryl/α,β-unsaturated/α-hetero) is 1. The molecule has 0 bridgehead atoms. The maximum Gasteiger partial charge on any atom is 0.357 e. The number of thiazole rings is 1. The summed E-state index contributed by atoms with van der Waals surface area (Å²) in [4.78, 5) is 31.7. The Balaban J connectivity index is 2.25. The van der Waals surface area contributed by atoms with E-state index in [4.69, 9.17) is 4.74 Å². The van der Waals surface area contributed by atoms with E-state index in [0.29, 0.717) is 5.56 Å². The van der Waals surface area contributed by atoms with Gasteiger partial charge < -0.3 is 4.74 Å². The van der Waals surface area contributed by atoms with Crippen LogP contribution in [0.3, 0.4) is 0 Å². The molecule has 0 spiro atoms. The van der Waals surface area contributed by atoms with Gasteiger partial charge in [-0.3, -0.25) is 9.78 Å². The molecule has 2 aromatic heterocycles. The number of carbonyl (C=O) groups excluding carboxylic acids is 2. The molecule has 21 heavy (non-hydrogen) atoms. The summed E-state index contributed by atoms with van der Waals surface area (Å²) in [5, 5.41) is 11.0. The average molecular weight is 301 g/mol. The van der Waals surface area contributed by atoms with Gasteiger partial charge in [0.25, 0.3) is 0 Å². The Morgan fingerprint density at radius 1 is 1.52 bits per heavy atom. The fourth-order valence-corrected chi connectivity index (χ4v) is 2.45. The molecule has 2 heterocycles. The Hall–Kier alpha value is -2.59. The SMILES string of the molecule is CCOC(=O)c1csc([C@@H](C#N)C(=O)c2cccnc2)n1. The molecule has 0 radical (unpaired) electrons. The van der Waals surface area contributed by atoms with E-state index in [1.807, 2.05) is 6.07 Å². The molecule has 2 rings (SSSR count). The number of hydrogen-bond donors (Lipinski definition) is 0. The number of nitrogens with zero attached hydrogens (tertiary/aromatic N) is 3. The van der Waals surface area contributed by atoms with Gasteiger partial charge in [-0.2, -0.15) is 5.26 Å². The lowest BCUT2D eigenvalue weighted by atomic mass is 10.0. The van der Waals surface area contributed by atoms with Crippen LogP contribution in [0.25, 0.3) is 0 Å². The lowest BCUT2D eigenvalue weighted by Gasteiger charge is -2.04. The van der Waals surface area contributed by atoms with Gasteiger partial charge in [0.1, 0.15) is 5.01 Å². The van der Waals surface area contributed by atoms with Crippen LogP contribution in [0.4, 0.5) is 0 Å². The van der Waals surface area contributed by atoms with Gasteiger partial charge in [-0.15, -0.1) is 11.3 Å². The molecule has 1 atom stereocenters. The summed E-state index contributed by atoms with van der Waals surface area (Å²) in [6, 6.07) is 5.12. The maximum absolute atomic E-state index is 12.3. The summed E-state index contributed by atoms with van der Waals surface area (Å²) in [6.07, 6.45) is 2.94. The van der Waals surface area contributed by atoms with Gasteiger partial charge in [-0.25, -0.2) is 9.78 Å². The van der Waals surface area contributed by atoms with Gasteiger partial charge in [0.2, 0.25) is 0 Å². The van der Waals surface area contributed by atoms with Crippen LogP contribution in [0.5, 0.6) is 0 Å². The normalized spacial score (nSPS) is 11.4. The molecule has 0 saturated carbocycles. The second kappa shape index (κ2) is 6.72. The summed E-state index contributed by atoms with van der Waals surface area (Å²) in [6.45, 7) is 1.93. The van der Waals surface area contributed by atoms with Gasteiger partial charge in [0.15, 0.2) is 17.4 Å². The van der Waals surface area contributed by atoms with E-state index in [-0.39, 0.29) is 17.3 Å². The molecule has 0 unspecified atom stereocenters. The number of rotatable bonds is 5. The molecule has 2 aromatic rings. The number of pyridine rings is 1. The van der Waals surface area contributed by atoms with Crippen LogP contribution >= 0.6 is 11.3 Å². The molecule has 6 nitrogen and oxygen atoms in total. The molecule has 0 saturated heterocycles. The van der Waals surface area contributed by atoms with E-state index in [0.717, 1.165) is 11.3 Å². The van der Waals surface area contributed by atoms with Gasteiger partial charge in [-0.05, 0) is 19.1 Å². The van der Waals surface area contributed by atoms with Crippen LogP contribution in [-0.4, -0.2) is 28.3 Å². The van der Waals surface area contributed by atoms with Crippen LogP contribution in [0.15, 0.2) is 29.9 Å². The summed E-state index contributed by atoms with van der Waals surface area (Å²) in [7, 11) is 0. The van der Waals surface area contributed by atoms with Crippen molar-refractivity contribution >= 4 is 23.1 Å². The van der Waals surface area contributed by atoms with Crippen molar-refractivity contribution in [3.05, 3.63) is 46.2 Å². The van der Waals surface area contributed by atoms with Gasteiger partial charge in [0, 0.05) is 23.3 Å². The van der Waals surface area contributed by atoms with E-state index in [1.54, 1.807) is 25.3 Å². The number of nitriles is 1. The molecule has 0 amide bonds. The predicted molar refractivity (Wildman–Crippen MR) is 75.0 cm³/mol. The third-order valence-corrected chi connectivity index (χ3v) is 3.50. The zero-order valence-electron chi connectivity index (χ0n) is 11.1. The quantitative estimate of drug-likeness (QED) is 0.621. The van der Waals surface area contributed by atoms with E-state index in [9.17, 15) is 14.9 Å². The first kappa shape index (κ1) is 14.8. The fourth-order valence-electron chi connectivity index (χ4n) is 1.62. The topological polar surface area (TPSA) is 92.9 Å². The van der Waals surface area contributed by atoms with Crippen molar-refractivity contribution in [1.29, 1.82) is 5.26 Å². The van der Waals surface area contributed by atoms with E-state index in [2.05, 4.69) is 9.97 Å². The summed E-state index contributed by atoms with van der Waals surface area (Å²) in [5.74, 6) is -2.01. The summed E-state index contributed by atoms with van der Waals surface area (Å²) >= 11 is 1.08. The van der Waals surface area contributed by atoms with Crippen molar-refractivity contribution in [1.82, 2.24) is 9.97 Å². The van der Waals surface area contributed by atoms with Crippen molar-refractivity contribution < 1.29 is 14.3 Å². The van der Waals surface area contributed by atoms with Crippen LogP contribution in [0.2, 0.25) is 0 Å². The first-order valence-corrected chi connectivity index (χ1v) is 7.01. The van der Waals surface area contributed by atoms with Crippen LogP contribution in [0.1, 0.15) is 38.7 Å². The predicted octanol–water partition coefficient (Wildman–Crippen LogP) is 2.20. The highest BCUT2D eigenvalue weighted by Gasteiger charge is 2.26. The molecule has 106 valence electrons. The standard InChI is InChI=1S/C14H11N3O3S/c1-2-20-14(19)11-8-21-13(17-11)10(6-15)12(18)9-4-3-5-16-7-9/h3-5,7-8,10H,2H2,1H3/t10-/m0/s1. The molecule has 0 aliphatic rings. The zero-order chi connectivity index (χ0) is 15.2. The van der Waals surface area contributed by atoms with Crippen LogP contribution in [0, 0.1) is 11.3 Å². The molecular formula is C14H11N3O3S. The highest BCUT2D eigenvalue weighted by molar-refractivity contribution is 7.10. The summed E-state index contributed by atoms with van der Waals surface area (Å²) in [5.41, 5.74) is 0.438. The molecule has 0 aliphatic heterocycles. The summed E-state index contributed by atoms with van der Waals surface area (Å²) < 4.78 is 4.83. The first-order valence-electron chi connectivity index (χ1n) is 6.13. The van der Waals surface area contributed by atoms with Crippen molar-refractivity contribution in [2.45, 2.75) is 12.8 Å². The number of aromatic nitrogens is 2. The number of carbonyl (C=O) groups is 2. The minimum Gasteiger partial charge on any atom is -0.461 e. The minimum atomic E-state index is -1.05. The second-order valence-corrected chi connectivity index (χ2v) is 4.85. The van der Waals surface area contributed by atoms with E-state index >= 15 is 0 Å². The monoisotopic (exact) mass is 301 g/mol. The smallest absolute Gasteiger partial charge is 0.357 e. The third-order valence-electron chi connectivity index (χ3n) is 2.59. The number of ketones is 1. The Kier molecular flexibility index (Phi) is 4.74. The highest BCUT2D eigenvalue weighted by Crippen LogP contribution is 2.24. The third kappa shape index (κ3) is 3.30. The Labute approximate surface area is 125 Å². The van der Waals surface area contributed by atoms with E-state index < -0.39 is 17.7 Å². The van der Waals surface area contributed by atoms with Crippen molar-refractivity contribution in [2.24, 2.45) is 0 Å². The Bertz CT molecular complexity index is 691. The van der Waals surface area contributed by atoms with E-state index in [1.165, 1.54) is 11.6 Å². The lowest BCUT2D eigenvalue weighted by molar-refractivity contribution is 0.0519. The van der Waals surface area contributed by atoms with Crippen LogP contribution < -0.4 is 0 Å². The molecule has 0 fully saturated rings.